The van der Waals surface area contributed by atoms with Gasteiger partial charge in [0.05, 0.1) is 11.0 Å². The van der Waals surface area contributed by atoms with Crippen LogP contribution in [0.15, 0.2) is 47.4 Å². The van der Waals surface area contributed by atoms with Crippen LogP contribution in [0.2, 0.25) is 0 Å². The second-order valence-electron chi connectivity index (χ2n) is 4.62. The lowest BCUT2D eigenvalue weighted by molar-refractivity contribution is 0.588. The van der Waals surface area contributed by atoms with Gasteiger partial charge in [-0.05, 0) is 35.7 Å². The Morgan fingerprint density at radius 1 is 1.06 bits per heavy atom. The van der Waals surface area contributed by atoms with E-state index in [9.17, 15) is 8.42 Å². The number of hydrogen-bond acceptors (Lipinski definition) is 3. The highest BCUT2D eigenvalue weighted by atomic mass is 32.2. The number of nitriles is 1. The van der Waals surface area contributed by atoms with Crippen molar-refractivity contribution in [2.75, 3.05) is 0 Å². The second kappa shape index (κ2) is 3.56. The summed E-state index contributed by atoms with van der Waals surface area (Å²) in [5, 5.41) is 10.9. The summed E-state index contributed by atoms with van der Waals surface area (Å²) in [7, 11) is -3.53. The molecule has 0 aliphatic heterocycles. The fourth-order valence-electron chi connectivity index (χ4n) is 2.11. The zero-order valence-corrected chi connectivity index (χ0v) is 10.4. The zero-order chi connectivity index (χ0) is 12.8. The molecule has 2 aromatic carbocycles. The average Bonchev–Trinajstić information content (AvgIpc) is 3.19. The van der Waals surface area contributed by atoms with Gasteiger partial charge in [0.2, 0.25) is 0 Å². The van der Waals surface area contributed by atoms with Crippen LogP contribution in [0.1, 0.15) is 12.8 Å². The molecule has 4 heteroatoms. The first-order chi connectivity index (χ1) is 8.59. The van der Waals surface area contributed by atoms with E-state index in [1.54, 1.807) is 18.2 Å². The predicted octanol–water partition coefficient (Wildman–Crippen LogP) is 2.67. The monoisotopic (exact) mass is 257 g/mol. The van der Waals surface area contributed by atoms with Gasteiger partial charge >= 0.3 is 0 Å². The van der Waals surface area contributed by atoms with Crippen molar-refractivity contribution in [3.05, 3.63) is 42.5 Å². The number of fused-ring (bicyclic) bond motifs is 1. The van der Waals surface area contributed by atoms with Gasteiger partial charge < -0.3 is 0 Å². The van der Waals surface area contributed by atoms with Gasteiger partial charge in [-0.3, -0.25) is 0 Å². The SMILES string of the molecule is N#CC1(S(=O)(=O)c2ccc3ccccc3c2)CC1. The fourth-order valence-corrected chi connectivity index (χ4v) is 3.85. The first kappa shape index (κ1) is 11.2. The molecular weight excluding hydrogens is 246 g/mol. The molecule has 3 nitrogen and oxygen atoms in total. The number of rotatable bonds is 2. The van der Waals surface area contributed by atoms with Crippen LogP contribution in [-0.2, 0) is 9.84 Å². The van der Waals surface area contributed by atoms with Gasteiger partial charge in [0.1, 0.15) is 0 Å². The lowest BCUT2D eigenvalue weighted by Crippen LogP contribution is -2.21. The zero-order valence-electron chi connectivity index (χ0n) is 9.63. The molecule has 0 bridgehead atoms. The third kappa shape index (κ3) is 1.44. The molecule has 1 aliphatic rings. The Labute approximate surface area is 106 Å². The minimum Gasteiger partial charge on any atom is -0.222 e. The highest BCUT2D eigenvalue weighted by Crippen LogP contribution is 2.46. The first-order valence-corrected chi connectivity index (χ1v) is 7.22. The fraction of sp³-hybridized carbons (Fsp3) is 0.214. The molecule has 0 unspecified atom stereocenters. The molecule has 90 valence electrons. The number of benzene rings is 2. The topological polar surface area (TPSA) is 57.9 Å². The van der Waals surface area contributed by atoms with Crippen molar-refractivity contribution in [2.24, 2.45) is 0 Å². The summed E-state index contributed by atoms with van der Waals surface area (Å²) in [5.41, 5.74) is 0. The van der Waals surface area contributed by atoms with Gasteiger partial charge in [-0.1, -0.05) is 30.3 Å². The Balaban J connectivity index is 2.19. The highest BCUT2D eigenvalue weighted by molar-refractivity contribution is 7.93. The number of sulfone groups is 1. The molecule has 1 fully saturated rings. The van der Waals surface area contributed by atoms with Crippen molar-refractivity contribution in [3.8, 4) is 6.07 Å². The van der Waals surface area contributed by atoms with Gasteiger partial charge in [-0.25, -0.2) is 8.42 Å². The van der Waals surface area contributed by atoms with Crippen molar-refractivity contribution >= 4 is 20.6 Å². The van der Waals surface area contributed by atoms with E-state index < -0.39 is 14.6 Å². The average molecular weight is 257 g/mol. The van der Waals surface area contributed by atoms with Crippen molar-refractivity contribution in [1.82, 2.24) is 0 Å². The summed E-state index contributed by atoms with van der Waals surface area (Å²) in [6.45, 7) is 0. The largest absolute Gasteiger partial charge is 0.222 e. The van der Waals surface area contributed by atoms with E-state index in [-0.39, 0.29) is 4.90 Å². The van der Waals surface area contributed by atoms with Gasteiger partial charge in [-0.15, -0.1) is 0 Å². The van der Waals surface area contributed by atoms with Gasteiger partial charge in [0.25, 0.3) is 0 Å². The van der Waals surface area contributed by atoms with E-state index in [2.05, 4.69) is 0 Å². The van der Waals surface area contributed by atoms with Crippen molar-refractivity contribution in [3.63, 3.8) is 0 Å². The minimum atomic E-state index is -3.53. The van der Waals surface area contributed by atoms with E-state index in [1.165, 1.54) is 0 Å². The molecule has 0 heterocycles. The molecular formula is C14H11NO2S. The van der Waals surface area contributed by atoms with Crippen molar-refractivity contribution in [1.29, 1.82) is 5.26 Å². The lowest BCUT2D eigenvalue weighted by atomic mass is 10.1. The van der Waals surface area contributed by atoms with Gasteiger partial charge in [0, 0.05) is 0 Å². The summed E-state index contributed by atoms with van der Waals surface area (Å²) < 4.78 is 23.6. The maximum atomic E-state index is 12.4. The van der Waals surface area contributed by atoms with Crippen LogP contribution in [0.25, 0.3) is 10.8 Å². The van der Waals surface area contributed by atoms with Crippen LogP contribution in [0.3, 0.4) is 0 Å². The van der Waals surface area contributed by atoms with E-state index in [4.69, 9.17) is 5.26 Å². The van der Waals surface area contributed by atoms with Crippen molar-refractivity contribution < 1.29 is 8.42 Å². The van der Waals surface area contributed by atoms with Gasteiger partial charge in [0.15, 0.2) is 14.6 Å². The predicted molar refractivity (Wildman–Crippen MR) is 68.7 cm³/mol. The Morgan fingerprint density at radius 3 is 2.33 bits per heavy atom. The molecule has 1 aliphatic carbocycles. The van der Waals surface area contributed by atoms with Crippen LogP contribution in [-0.4, -0.2) is 13.2 Å². The van der Waals surface area contributed by atoms with Crippen LogP contribution < -0.4 is 0 Å². The van der Waals surface area contributed by atoms with Crippen molar-refractivity contribution in [2.45, 2.75) is 22.5 Å². The molecule has 2 aromatic rings. The minimum absolute atomic E-state index is 0.250. The number of nitrogens with zero attached hydrogens (tertiary/aromatic N) is 1. The molecule has 0 spiro atoms. The van der Waals surface area contributed by atoms with Crippen LogP contribution in [0.4, 0.5) is 0 Å². The Bertz CT molecular complexity index is 768. The highest BCUT2D eigenvalue weighted by Gasteiger charge is 2.55. The quantitative estimate of drug-likeness (QED) is 0.831. The Morgan fingerprint density at radius 2 is 1.72 bits per heavy atom. The molecule has 0 aromatic heterocycles. The van der Waals surface area contributed by atoms with E-state index in [0.29, 0.717) is 12.8 Å². The van der Waals surface area contributed by atoms with Crippen LogP contribution in [0, 0.1) is 11.3 Å². The Kier molecular flexibility index (Phi) is 2.23. The smallest absolute Gasteiger partial charge is 0.197 e. The molecule has 3 rings (SSSR count). The summed E-state index contributed by atoms with van der Waals surface area (Å²) in [4.78, 5) is 0.250. The normalized spacial score (nSPS) is 17.3. The lowest BCUT2D eigenvalue weighted by Gasteiger charge is -2.09. The molecule has 0 atom stereocenters. The molecule has 0 saturated heterocycles. The molecule has 0 N–H and O–H groups in total. The maximum Gasteiger partial charge on any atom is 0.197 e. The van der Waals surface area contributed by atoms with Crippen LogP contribution in [0.5, 0.6) is 0 Å². The maximum absolute atomic E-state index is 12.4. The third-order valence-corrected chi connectivity index (χ3v) is 5.86. The summed E-state index contributed by atoms with van der Waals surface area (Å²) in [6, 6.07) is 14.6. The molecule has 0 amide bonds. The summed E-state index contributed by atoms with van der Waals surface area (Å²) in [6.07, 6.45) is 0.886. The van der Waals surface area contributed by atoms with E-state index in [1.807, 2.05) is 30.3 Å². The van der Waals surface area contributed by atoms with E-state index in [0.717, 1.165) is 10.8 Å². The standard InChI is InChI=1S/C14H11NO2S/c15-10-14(7-8-14)18(16,17)13-6-5-11-3-1-2-4-12(11)9-13/h1-6,9H,7-8H2. The molecule has 1 saturated carbocycles. The first-order valence-electron chi connectivity index (χ1n) is 5.74. The van der Waals surface area contributed by atoms with Gasteiger partial charge in [-0.2, -0.15) is 5.26 Å². The summed E-state index contributed by atoms with van der Waals surface area (Å²) >= 11 is 0. The number of hydrogen-bond donors (Lipinski definition) is 0. The third-order valence-electron chi connectivity index (χ3n) is 3.45. The van der Waals surface area contributed by atoms with E-state index >= 15 is 0 Å². The summed E-state index contributed by atoms with van der Waals surface area (Å²) in [5.74, 6) is 0. The second-order valence-corrected chi connectivity index (χ2v) is 6.88. The Hall–Kier alpha value is -1.86. The molecule has 0 radical (unpaired) electrons. The molecule has 18 heavy (non-hydrogen) atoms. The van der Waals surface area contributed by atoms with Crippen LogP contribution >= 0.6 is 0 Å².